The normalized spacial score (nSPS) is 13.8. The first-order valence-electron chi connectivity index (χ1n) is 5.75. The Morgan fingerprint density at radius 2 is 1.85 bits per heavy atom. The van der Waals surface area contributed by atoms with Gasteiger partial charge in [0.15, 0.2) is 5.25 Å². The first kappa shape index (κ1) is 16.5. The molecular formula is C12H13F3N2O2S. The van der Waals surface area contributed by atoms with E-state index in [1.807, 2.05) is 0 Å². The van der Waals surface area contributed by atoms with Crippen LogP contribution in [0.1, 0.15) is 24.5 Å². The summed E-state index contributed by atoms with van der Waals surface area (Å²) >= 11 is 0. The summed E-state index contributed by atoms with van der Waals surface area (Å²) in [5.74, 6) is 0. The second-order valence-electron chi connectivity index (χ2n) is 4.09. The minimum absolute atomic E-state index is 0.138. The molecule has 1 unspecified atom stereocenters. The molecule has 0 radical (unpaired) electrons. The molecule has 0 heterocycles. The Morgan fingerprint density at radius 1 is 1.30 bits per heavy atom. The van der Waals surface area contributed by atoms with Crippen molar-refractivity contribution in [1.82, 2.24) is 4.72 Å². The maximum absolute atomic E-state index is 12.3. The molecule has 1 rings (SSSR count). The van der Waals surface area contributed by atoms with Gasteiger partial charge in [-0.3, -0.25) is 0 Å². The zero-order chi connectivity index (χ0) is 15.4. The van der Waals surface area contributed by atoms with Gasteiger partial charge >= 0.3 is 6.18 Å². The van der Waals surface area contributed by atoms with E-state index < -0.39 is 27.0 Å². The number of nitrogens with zero attached hydrogens (tertiary/aromatic N) is 1. The van der Waals surface area contributed by atoms with Crippen LogP contribution in [0.3, 0.4) is 0 Å². The fourth-order valence-electron chi connectivity index (χ4n) is 1.48. The van der Waals surface area contributed by atoms with Crippen molar-refractivity contribution in [1.29, 1.82) is 5.26 Å². The number of hydrogen-bond donors (Lipinski definition) is 1. The van der Waals surface area contributed by atoms with Crippen molar-refractivity contribution < 1.29 is 21.6 Å². The van der Waals surface area contributed by atoms with Crippen LogP contribution in [0.4, 0.5) is 13.2 Å². The van der Waals surface area contributed by atoms with Crippen LogP contribution in [0.2, 0.25) is 0 Å². The van der Waals surface area contributed by atoms with Crippen molar-refractivity contribution in [2.24, 2.45) is 0 Å². The fraction of sp³-hybridized carbons (Fsp3) is 0.417. The van der Waals surface area contributed by atoms with Crippen LogP contribution in [-0.4, -0.2) is 13.7 Å². The first-order valence-corrected chi connectivity index (χ1v) is 7.29. The van der Waals surface area contributed by atoms with Crippen LogP contribution < -0.4 is 4.72 Å². The number of alkyl halides is 3. The summed E-state index contributed by atoms with van der Waals surface area (Å²) in [4.78, 5) is 0. The summed E-state index contributed by atoms with van der Waals surface area (Å²) in [6.07, 6.45) is -4.29. The molecule has 0 aliphatic carbocycles. The molecule has 1 N–H and O–H groups in total. The second kappa shape index (κ2) is 6.24. The molecule has 0 bridgehead atoms. The van der Waals surface area contributed by atoms with E-state index in [0.717, 1.165) is 12.1 Å². The Balaban J connectivity index is 2.75. The molecular weight excluding hydrogens is 293 g/mol. The molecule has 8 heteroatoms. The van der Waals surface area contributed by atoms with E-state index in [2.05, 4.69) is 4.72 Å². The van der Waals surface area contributed by atoms with Gasteiger partial charge in [-0.05, 0) is 24.1 Å². The van der Waals surface area contributed by atoms with Crippen molar-refractivity contribution in [2.75, 3.05) is 0 Å². The zero-order valence-corrected chi connectivity index (χ0v) is 11.4. The summed E-state index contributed by atoms with van der Waals surface area (Å²) in [6, 6.07) is 5.80. The molecule has 0 spiro atoms. The van der Waals surface area contributed by atoms with Crippen LogP contribution in [0.25, 0.3) is 0 Å². The van der Waals surface area contributed by atoms with Crippen molar-refractivity contribution >= 4 is 10.0 Å². The zero-order valence-electron chi connectivity index (χ0n) is 10.6. The van der Waals surface area contributed by atoms with Crippen LogP contribution in [0, 0.1) is 11.3 Å². The lowest BCUT2D eigenvalue weighted by Crippen LogP contribution is -2.32. The fourth-order valence-corrected chi connectivity index (χ4v) is 2.62. The van der Waals surface area contributed by atoms with Crippen molar-refractivity contribution in [3.05, 3.63) is 35.4 Å². The third kappa shape index (κ3) is 4.21. The predicted octanol–water partition coefficient (Wildman–Crippen LogP) is 2.43. The van der Waals surface area contributed by atoms with Gasteiger partial charge in [0.25, 0.3) is 0 Å². The lowest BCUT2D eigenvalue weighted by atomic mass is 10.1. The predicted molar refractivity (Wildman–Crippen MR) is 66.9 cm³/mol. The summed E-state index contributed by atoms with van der Waals surface area (Å²) in [6.45, 7) is 1.41. The highest BCUT2D eigenvalue weighted by Crippen LogP contribution is 2.29. The lowest BCUT2D eigenvalue weighted by molar-refractivity contribution is -0.137. The van der Waals surface area contributed by atoms with Gasteiger partial charge in [0.05, 0.1) is 11.6 Å². The van der Waals surface area contributed by atoms with Gasteiger partial charge in [-0.25, -0.2) is 13.1 Å². The van der Waals surface area contributed by atoms with Gasteiger partial charge in [0, 0.05) is 6.54 Å². The average molecular weight is 306 g/mol. The first-order chi connectivity index (χ1) is 9.20. The topological polar surface area (TPSA) is 70.0 Å². The van der Waals surface area contributed by atoms with E-state index in [0.29, 0.717) is 5.56 Å². The Labute approximate surface area is 115 Å². The minimum atomic E-state index is -4.42. The summed E-state index contributed by atoms with van der Waals surface area (Å²) in [5.41, 5.74) is -0.415. The summed E-state index contributed by atoms with van der Waals surface area (Å²) in [7, 11) is -3.79. The lowest BCUT2D eigenvalue weighted by Gasteiger charge is -2.11. The molecule has 0 saturated carbocycles. The molecule has 0 saturated heterocycles. The molecule has 110 valence electrons. The highest BCUT2D eigenvalue weighted by Gasteiger charge is 2.30. The van der Waals surface area contributed by atoms with E-state index in [-0.39, 0.29) is 13.0 Å². The van der Waals surface area contributed by atoms with Gasteiger partial charge in [-0.15, -0.1) is 0 Å². The van der Waals surface area contributed by atoms with Gasteiger partial charge in [0.1, 0.15) is 0 Å². The molecule has 20 heavy (non-hydrogen) atoms. The van der Waals surface area contributed by atoms with Crippen LogP contribution in [-0.2, 0) is 22.7 Å². The smallest absolute Gasteiger partial charge is 0.211 e. The molecule has 0 aromatic heterocycles. The highest BCUT2D eigenvalue weighted by atomic mass is 32.2. The third-order valence-corrected chi connectivity index (χ3v) is 4.38. The van der Waals surface area contributed by atoms with E-state index in [1.54, 1.807) is 13.0 Å². The van der Waals surface area contributed by atoms with Crippen LogP contribution in [0.5, 0.6) is 0 Å². The molecule has 1 aromatic carbocycles. The Hall–Kier alpha value is -1.59. The molecule has 0 amide bonds. The Morgan fingerprint density at radius 3 is 2.25 bits per heavy atom. The molecule has 1 atom stereocenters. The van der Waals surface area contributed by atoms with E-state index in [1.165, 1.54) is 12.1 Å². The molecule has 4 nitrogen and oxygen atoms in total. The van der Waals surface area contributed by atoms with Crippen molar-refractivity contribution in [3.63, 3.8) is 0 Å². The quantitative estimate of drug-likeness (QED) is 0.908. The van der Waals surface area contributed by atoms with Gasteiger partial charge in [0.2, 0.25) is 10.0 Å². The molecule has 1 aromatic rings. The maximum Gasteiger partial charge on any atom is 0.416 e. The second-order valence-corrected chi connectivity index (χ2v) is 6.03. The molecule has 0 aliphatic rings. The largest absolute Gasteiger partial charge is 0.416 e. The van der Waals surface area contributed by atoms with E-state index >= 15 is 0 Å². The SMILES string of the molecule is CCC(C#N)S(=O)(=O)NCc1ccc(C(F)(F)F)cc1. The van der Waals surface area contributed by atoms with Crippen LogP contribution >= 0.6 is 0 Å². The van der Waals surface area contributed by atoms with Crippen molar-refractivity contribution in [3.8, 4) is 6.07 Å². The average Bonchev–Trinajstić information content (AvgIpc) is 2.37. The third-order valence-electron chi connectivity index (χ3n) is 2.65. The number of halogens is 3. The monoisotopic (exact) mass is 306 g/mol. The Bertz CT molecular complexity index is 589. The summed E-state index contributed by atoms with van der Waals surface area (Å²) < 4.78 is 62.6. The van der Waals surface area contributed by atoms with Gasteiger partial charge < -0.3 is 0 Å². The standard InChI is InChI=1S/C12H13F3N2O2S/c1-2-11(7-16)20(18,19)17-8-9-3-5-10(6-4-9)12(13,14)15/h3-6,11,17H,2,8H2,1H3. The number of rotatable bonds is 5. The number of nitrogens with one attached hydrogen (secondary N) is 1. The molecule has 0 fully saturated rings. The minimum Gasteiger partial charge on any atom is -0.211 e. The van der Waals surface area contributed by atoms with Gasteiger partial charge in [-0.1, -0.05) is 19.1 Å². The maximum atomic E-state index is 12.3. The van der Waals surface area contributed by atoms with Gasteiger partial charge in [-0.2, -0.15) is 18.4 Å². The number of benzene rings is 1. The Kier molecular flexibility index (Phi) is 5.14. The van der Waals surface area contributed by atoms with Crippen LogP contribution in [0.15, 0.2) is 24.3 Å². The van der Waals surface area contributed by atoms with E-state index in [4.69, 9.17) is 5.26 Å². The number of nitriles is 1. The van der Waals surface area contributed by atoms with Crippen molar-refractivity contribution in [2.45, 2.75) is 31.3 Å². The molecule has 0 aliphatic heterocycles. The highest BCUT2D eigenvalue weighted by molar-refractivity contribution is 7.90. The van der Waals surface area contributed by atoms with E-state index in [9.17, 15) is 21.6 Å². The number of sulfonamides is 1. The summed E-state index contributed by atoms with van der Waals surface area (Å²) in [5, 5.41) is 7.52. The number of hydrogen-bond acceptors (Lipinski definition) is 3.